The van der Waals surface area contributed by atoms with Gasteiger partial charge in [0.15, 0.2) is 0 Å². The average molecular weight is 407 g/mol. The van der Waals surface area contributed by atoms with Crippen LogP contribution in [0.2, 0.25) is 0 Å². The molecule has 0 spiro atoms. The zero-order valence-electron chi connectivity index (χ0n) is 14.2. The molecule has 0 aliphatic rings. The Morgan fingerprint density at radius 1 is 1.12 bits per heavy atom. The normalized spacial score (nSPS) is 10.1. The number of likely N-dealkylation sites (N-methyl/N-ethyl adjacent to an activating group) is 1. The Morgan fingerprint density at radius 3 is 2.48 bits per heavy atom. The van der Waals surface area contributed by atoms with Gasteiger partial charge in [0.05, 0.1) is 32.0 Å². The minimum absolute atomic E-state index is 0.0967. The van der Waals surface area contributed by atoms with E-state index < -0.39 is 0 Å². The first-order valence-corrected chi connectivity index (χ1v) is 8.27. The Hall–Kier alpha value is -2.54. The fourth-order valence-electron chi connectivity index (χ4n) is 2.23. The lowest BCUT2D eigenvalue weighted by molar-refractivity contribution is -0.116. The third-order valence-electron chi connectivity index (χ3n) is 3.51. The third kappa shape index (κ3) is 4.73. The van der Waals surface area contributed by atoms with E-state index in [2.05, 4.69) is 21.2 Å². The van der Waals surface area contributed by atoms with Crippen LogP contribution in [0.5, 0.6) is 11.5 Å². The average Bonchev–Trinajstić information content (AvgIpc) is 2.62. The van der Waals surface area contributed by atoms with E-state index in [0.29, 0.717) is 22.7 Å². The predicted octanol–water partition coefficient (Wildman–Crippen LogP) is 3.18. The fraction of sp³-hybridized carbons (Fsp3) is 0.222. The Kier molecular flexibility index (Phi) is 6.41. The summed E-state index contributed by atoms with van der Waals surface area (Å²) in [7, 11) is 4.56. The highest BCUT2D eigenvalue weighted by Crippen LogP contribution is 2.25. The predicted molar refractivity (Wildman–Crippen MR) is 99.3 cm³/mol. The molecule has 6 nitrogen and oxygen atoms in total. The molecule has 0 atom stereocenters. The summed E-state index contributed by atoms with van der Waals surface area (Å²) in [4.78, 5) is 26.2. The lowest BCUT2D eigenvalue weighted by Crippen LogP contribution is -2.35. The van der Waals surface area contributed by atoms with E-state index in [9.17, 15) is 9.59 Å². The molecule has 2 amide bonds. The van der Waals surface area contributed by atoms with Gasteiger partial charge >= 0.3 is 0 Å². The fourth-order valence-corrected chi connectivity index (χ4v) is 2.61. The van der Waals surface area contributed by atoms with Crippen LogP contribution in [-0.4, -0.2) is 44.5 Å². The number of methoxy groups -OCH3 is 2. The highest BCUT2D eigenvalue weighted by atomic mass is 79.9. The Labute approximate surface area is 154 Å². The molecule has 2 rings (SSSR count). The number of nitrogens with zero attached hydrogens (tertiary/aromatic N) is 1. The lowest BCUT2D eigenvalue weighted by atomic mass is 10.1. The molecule has 0 bridgehead atoms. The van der Waals surface area contributed by atoms with Crippen molar-refractivity contribution in [3.05, 3.63) is 52.5 Å². The third-order valence-corrected chi connectivity index (χ3v) is 4.20. The van der Waals surface area contributed by atoms with E-state index in [1.807, 2.05) is 18.2 Å². The summed E-state index contributed by atoms with van der Waals surface area (Å²) in [5.74, 6) is 0.321. The van der Waals surface area contributed by atoms with Crippen LogP contribution in [0, 0.1) is 0 Å². The summed E-state index contributed by atoms with van der Waals surface area (Å²) in [5, 5.41) is 2.76. The topological polar surface area (TPSA) is 67.9 Å². The van der Waals surface area contributed by atoms with Gasteiger partial charge in [-0.05, 0) is 46.3 Å². The van der Waals surface area contributed by atoms with Gasteiger partial charge in [-0.15, -0.1) is 0 Å². The number of rotatable bonds is 6. The van der Waals surface area contributed by atoms with E-state index in [0.717, 1.165) is 4.47 Å². The Morgan fingerprint density at radius 2 is 1.84 bits per heavy atom. The molecule has 0 heterocycles. The molecule has 0 aliphatic carbocycles. The van der Waals surface area contributed by atoms with Crippen molar-refractivity contribution in [1.29, 1.82) is 0 Å². The molecule has 0 fully saturated rings. The van der Waals surface area contributed by atoms with E-state index in [1.165, 1.54) is 19.1 Å². The molecular weight excluding hydrogens is 388 g/mol. The molecule has 2 aromatic carbocycles. The van der Waals surface area contributed by atoms with Gasteiger partial charge in [-0.1, -0.05) is 12.1 Å². The molecule has 0 saturated carbocycles. The number of ether oxygens (including phenoxy) is 2. The lowest BCUT2D eigenvalue weighted by Gasteiger charge is -2.19. The smallest absolute Gasteiger partial charge is 0.257 e. The number of halogens is 1. The largest absolute Gasteiger partial charge is 0.497 e. The molecule has 0 aromatic heterocycles. The molecule has 0 saturated heterocycles. The quantitative estimate of drug-likeness (QED) is 0.799. The van der Waals surface area contributed by atoms with Crippen LogP contribution in [-0.2, 0) is 4.79 Å². The van der Waals surface area contributed by atoms with Crippen molar-refractivity contribution in [2.45, 2.75) is 0 Å². The van der Waals surface area contributed by atoms with Crippen LogP contribution in [0.15, 0.2) is 46.9 Å². The van der Waals surface area contributed by atoms with Gasteiger partial charge in [-0.25, -0.2) is 0 Å². The van der Waals surface area contributed by atoms with Gasteiger partial charge in [-0.2, -0.15) is 0 Å². The van der Waals surface area contributed by atoms with Crippen molar-refractivity contribution < 1.29 is 19.1 Å². The molecule has 2 aromatic rings. The van der Waals surface area contributed by atoms with Crippen LogP contribution in [0.25, 0.3) is 0 Å². The highest BCUT2D eigenvalue weighted by Gasteiger charge is 2.20. The van der Waals surface area contributed by atoms with Gasteiger partial charge in [-0.3, -0.25) is 9.59 Å². The summed E-state index contributed by atoms with van der Waals surface area (Å²) < 4.78 is 11.1. The maximum Gasteiger partial charge on any atom is 0.257 e. The van der Waals surface area contributed by atoms with Gasteiger partial charge in [0.2, 0.25) is 5.91 Å². The van der Waals surface area contributed by atoms with Crippen molar-refractivity contribution in [2.24, 2.45) is 0 Å². The first-order chi connectivity index (χ1) is 12.0. The molecule has 7 heteroatoms. The van der Waals surface area contributed by atoms with Gasteiger partial charge < -0.3 is 19.7 Å². The summed E-state index contributed by atoms with van der Waals surface area (Å²) in [6.07, 6.45) is 0. The first-order valence-electron chi connectivity index (χ1n) is 7.48. The van der Waals surface area contributed by atoms with Crippen LogP contribution >= 0.6 is 15.9 Å². The number of nitrogens with one attached hydrogen (secondary N) is 1. The van der Waals surface area contributed by atoms with E-state index in [1.54, 1.807) is 31.3 Å². The molecule has 132 valence electrons. The van der Waals surface area contributed by atoms with Crippen molar-refractivity contribution in [2.75, 3.05) is 33.1 Å². The molecule has 0 unspecified atom stereocenters. The zero-order valence-corrected chi connectivity index (χ0v) is 15.8. The summed E-state index contributed by atoms with van der Waals surface area (Å²) in [5.41, 5.74) is 0.977. The number of hydrogen-bond acceptors (Lipinski definition) is 4. The Bertz CT molecular complexity index is 779. The van der Waals surface area contributed by atoms with Crippen molar-refractivity contribution in [1.82, 2.24) is 4.90 Å². The van der Waals surface area contributed by atoms with Gasteiger partial charge in [0.1, 0.15) is 11.5 Å². The van der Waals surface area contributed by atoms with Crippen LogP contribution in [0.4, 0.5) is 5.69 Å². The van der Waals surface area contributed by atoms with Crippen molar-refractivity contribution in [3.8, 4) is 11.5 Å². The number of carbonyl (C=O) groups is 2. The van der Waals surface area contributed by atoms with Crippen LogP contribution < -0.4 is 14.8 Å². The maximum atomic E-state index is 12.6. The standard InChI is InChI=1S/C18H19BrN2O4/c1-21(11-17(22)20-15-7-5-4-6-14(15)19)18(23)13-10-12(24-2)8-9-16(13)25-3/h4-10H,11H2,1-3H3,(H,20,22). The van der Waals surface area contributed by atoms with Gasteiger partial charge in [0.25, 0.3) is 5.91 Å². The number of anilines is 1. The molecule has 1 N–H and O–H groups in total. The summed E-state index contributed by atoms with van der Waals surface area (Å²) in [6, 6.07) is 12.2. The van der Waals surface area contributed by atoms with Crippen molar-refractivity contribution in [3.63, 3.8) is 0 Å². The van der Waals surface area contributed by atoms with E-state index in [-0.39, 0.29) is 18.4 Å². The minimum Gasteiger partial charge on any atom is -0.497 e. The number of benzene rings is 2. The number of amides is 2. The van der Waals surface area contributed by atoms with Crippen LogP contribution in [0.1, 0.15) is 10.4 Å². The SMILES string of the molecule is COc1ccc(OC)c(C(=O)N(C)CC(=O)Nc2ccccc2Br)c1. The molecule has 0 radical (unpaired) electrons. The van der Waals surface area contributed by atoms with Crippen LogP contribution in [0.3, 0.4) is 0 Å². The second-order valence-corrected chi connectivity index (χ2v) is 6.11. The number of hydrogen-bond donors (Lipinski definition) is 1. The van der Waals surface area contributed by atoms with E-state index in [4.69, 9.17) is 9.47 Å². The molecule has 25 heavy (non-hydrogen) atoms. The maximum absolute atomic E-state index is 12.6. The van der Waals surface area contributed by atoms with Gasteiger partial charge in [0, 0.05) is 11.5 Å². The zero-order chi connectivity index (χ0) is 18.4. The number of para-hydroxylation sites is 1. The van der Waals surface area contributed by atoms with E-state index >= 15 is 0 Å². The Balaban J connectivity index is 2.10. The summed E-state index contributed by atoms with van der Waals surface area (Å²) >= 11 is 3.37. The first kappa shape index (κ1) is 18.8. The number of carbonyl (C=O) groups excluding carboxylic acids is 2. The molecule has 0 aliphatic heterocycles. The second kappa shape index (κ2) is 8.53. The second-order valence-electron chi connectivity index (χ2n) is 5.26. The highest BCUT2D eigenvalue weighted by molar-refractivity contribution is 9.10. The monoisotopic (exact) mass is 406 g/mol. The summed E-state index contributed by atoms with van der Waals surface area (Å²) in [6.45, 7) is -0.0967. The molecular formula is C18H19BrN2O4. The van der Waals surface area contributed by atoms with Crippen molar-refractivity contribution >= 4 is 33.4 Å². The minimum atomic E-state index is -0.335.